The Morgan fingerprint density at radius 2 is 1.75 bits per heavy atom. The molecular formula is C12H22. The van der Waals surface area contributed by atoms with E-state index in [1.165, 1.54) is 12.8 Å². The first-order valence-electron chi connectivity index (χ1n) is 5.01. The number of rotatable bonds is 5. The highest BCUT2D eigenvalue weighted by Crippen LogP contribution is 2.10. The minimum Gasteiger partial charge on any atom is -0.0846 e. The monoisotopic (exact) mass is 166 g/mol. The van der Waals surface area contributed by atoms with E-state index in [2.05, 4.69) is 52.0 Å². The summed E-state index contributed by atoms with van der Waals surface area (Å²) in [5, 5.41) is 0. The van der Waals surface area contributed by atoms with E-state index in [4.69, 9.17) is 0 Å². The van der Waals surface area contributed by atoms with E-state index in [0.29, 0.717) is 5.92 Å². The fourth-order valence-corrected chi connectivity index (χ4v) is 0.803. The van der Waals surface area contributed by atoms with Gasteiger partial charge in [-0.3, -0.25) is 0 Å². The van der Waals surface area contributed by atoms with E-state index in [-0.39, 0.29) is 0 Å². The molecule has 0 saturated heterocycles. The standard InChI is InChI=1S/C12H22/c1-5-6-7-8-9-10-12(4)11(2)3/h7-12H,5-6H2,1-4H3. The molecular weight excluding hydrogens is 144 g/mol. The Labute approximate surface area is 77.4 Å². The normalized spacial score (nSPS) is 15.1. The summed E-state index contributed by atoms with van der Waals surface area (Å²) >= 11 is 0. The van der Waals surface area contributed by atoms with Gasteiger partial charge in [0.25, 0.3) is 0 Å². The lowest BCUT2D eigenvalue weighted by molar-refractivity contribution is 0.504. The first-order valence-corrected chi connectivity index (χ1v) is 5.01. The average Bonchev–Trinajstić information content (AvgIpc) is 2.03. The van der Waals surface area contributed by atoms with Gasteiger partial charge in [-0.25, -0.2) is 0 Å². The largest absolute Gasteiger partial charge is 0.0846 e. The molecule has 0 saturated carbocycles. The van der Waals surface area contributed by atoms with Crippen molar-refractivity contribution in [2.75, 3.05) is 0 Å². The molecule has 0 nitrogen and oxygen atoms in total. The summed E-state index contributed by atoms with van der Waals surface area (Å²) in [7, 11) is 0. The molecule has 0 amide bonds. The topological polar surface area (TPSA) is 0 Å². The summed E-state index contributed by atoms with van der Waals surface area (Å²) in [6, 6.07) is 0. The third-order valence-electron chi connectivity index (χ3n) is 2.17. The first-order chi connectivity index (χ1) is 5.68. The van der Waals surface area contributed by atoms with Crippen molar-refractivity contribution in [3.8, 4) is 0 Å². The fraction of sp³-hybridized carbons (Fsp3) is 0.667. The molecule has 0 bridgehead atoms. The number of hydrogen-bond donors (Lipinski definition) is 0. The molecule has 70 valence electrons. The maximum absolute atomic E-state index is 2.27. The number of allylic oxidation sites excluding steroid dienone is 4. The van der Waals surface area contributed by atoms with E-state index in [1.54, 1.807) is 0 Å². The van der Waals surface area contributed by atoms with Gasteiger partial charge >= 0.3 is 0 Å². The van der Waals surface area contributed by atoms with Gasteiger partial charge in [0, 0.05) is 0 Å². The Hall–Kier alpha value is -0.520. The van der Waals surface area contributed by atoms with Gasteiger partial charge in [-0.1, -0.05) is 58.4 Å². The van der Waals surface area contributed by atoms with E-state index in [1.807, 2.05) is 0 Å². The van der Waals surface area contributed by atoms with Crippen LogP contribution in [0.3, 0.4) is 0 Å². The molecule has 0 aliphatic rings. The second kappa shape index (κ2) is 7.15. The number of hydrogen-bond acceptors (Lipinski definition) is 0. The summed E-state index contributed by atoms with van der Waals surface area (Å²) < 4.78 is 0. The quantitative estimate of drug-likeness (QED) is 0.537. The van der Waals surface area contributed by atoms with Gasteiger partial charge in [-0.2, -0.15) is 0 Å². The van der Waals surface area contributed by atoms with Crippen molar-refractivity contribution >= 4 is 0 Å². The Bertz CT molecular complexity index is 140. The molecule has 0 aromatic carbocycles. The molecule has 0 aliphatic heterocycles. The van der Waals surface area contributed by atoms with Crippen LogP contribution in [-0.2, 0) is 0 Å². The Balaban J connectivity index is 3.60. The SMILES string of the molecule is CCCC=CC=CC(C)C(C)C. The van der Waals surface area contributed by atoms with Gasteiger partial charge in [0.15, 0.2) is 0 Å². The zero-order valence-corrected chi connectivity index (χ0v) is 8.88. The minimum atomic E-state index is 0.691. The van der Waals surface area contributed by atoms with Crippen molar-refractivity contribution < 1.29 is 0 Å². The van der Waals surface area contributed by atoms with Crippen LogP contribution in [0.25, 0.3) is 0 Å². The Morgan fingerprint density at radius 1 is 1.08 bits per heavy atom. The van der Waals surface area contributed by atoms with Crippen LogP contribution in [0, 0.1) is 11.8 Å². The fourth-order valence-electron chi connectivity index (χ4n) is 0.803. The summed E-state index contributed by atoms with van der Waals surface area (Å²) in [6.07, 6.45) is 11.3. The van der Waals surface area contributed by atoms with Crippen LogP contribution in [0.1, 0.15) is 40.5 Å². The molecule has 0 N–H and O–H groups in total. The van der Waals surface area contributed by atoms with Crippen LogP contribution in [0.4, 0.5) is 0 Å². The summed E-state index contributed by atoms with van der Waals surface area (Å²) in [4.78, 5) is 0. The van der Waals surface area contributed by atoms with Gasteiger partial charge in [-0.15, -0.1) is 0 Å². The molecule has 0 spiro atoms. The van der Waals surface area contributed by atoms with E-state index in [9.17, 15) is 0 Å². The highest BCUT2D eigenvalue weighted by molar-refractivity contribution is 5.03. The van der Waals surface area contributed by atoms with Crippen molar-refractivity contribution in [1.29, 1.82) is 0 Å². The first kappa shape index (κ1) is 11.5. The van der Waals surface area contributed by atoms with Gasteiger partial charge in [0.05, 0.1) is 0 Å². The lowest BCUT2D eigenvalue weighted by atomic mass is 9.98. The van der Waals surface area contributed by atoms with Gasteiger partial charge in [0.2, 0.25) is 0 Å². The third kappa shape index (κ3) is 6.21. The second-order valence-electron chi connectivity index (χ2n) is 3.70. The van der Waals surface area contributed by atoms with Gasteiger partial charge < -0.3 is 0 Å². The Morgan fingerprint density at radius 3 is 2.25 bits per heavy atom. The molecule has 0 aromatic rings. The van der Waals surface area contributed by atoms with Crippen molar-refractivity contribution in [3.05, 3.63) is 24.3 Å². The molecule has 0 heterocycles. The zero-order valence-electron chi connectivity index (χ0n) is 8.88. The lowest BCUT2D eigenvalue weighted by Gasteiger charge is -2.08. The molecule has 0 aliphatic carbocycles. The van der Waals surface area contributed by atoms with Gasteiger partial charge in [-0.05, 0) is 18.3 Å². The molecule has 0 radical (unpaired) electrons. The molecule has 0 rings (SSSR count). The van der Waals surface area contributed by atoms with Crippen LogP contribution in [0.15, 0.2) is 24.3 Å². The zero-order chi connectivity index (χ0) is 9.40. The minimum absolute atomic E-state index is 0.691. The highest BCUT2D eigenvalue weighted by atomic mass is 14.1. The van der Waals surface area contributed by atoms with Crippen molar-refractivity contribution in [3.63, 3.8) is 0 Å². The van der Waals surface area contributed by atoms with Crippen LogP contribution in [0.2, 0.25) is 0 Å². The van der Waals surface area contributed by atoms with E-state index < -0.39 is 0 Å². The molecule has 0 aromatic heterocycles. The average molecular weight is 166 g/mol. The van der Waals surface area contributed by atoms with Crippen LogP contribution in [0.5, 0.6) is 0 Å². The highest BCUT2D eigenvalue weighted by Gasteiger charge is 1.99. The summed E-state index contributed by atoms with van der Waals surface area (Å²) in [5.74, 6) is 1.44. The third-order valence-corrected chi connectivity index (χ3v) is 2.17. The van der Waals surface area contributed by atoms with Crippen molar-refractivity contribution in [2.24, 2.45) is 11.8 Å². The number of unbranched alkanes of at least 4 members (excludes halogenated alkanes) is 1. The molecule has 1 unspecified atom stereocenters. The summed E-state index contributed by atoms with van der Waals surface area (Å²) in [5.41, 5.74) is 0. The van der Waals surface area contributed by atoms with Crippen molar-refractivity contribution in [2.45, 2.75) is 40.5 Å². The smallest absolute Gasteiger partial charge is 0.0236 e. The maximum Gasteiger partial charge on any atom is -0.0236 e. The van der Waals surface area contributed by atoms with E-state index in [0.717, 1.165) is 5.92 Å². The Kier molecular flexibility index (Phi) is 6.84. The lowest BCUT2D eigenvalue weighted by Crippen LogP contribution is -1.98. The maximum atomic E-state index is 2.27. The summed E-state index contributed by atoms with van der Waals surface area (Å²) in [6.45, 7) is 8.97. The second-order valence-corrected chi connectivity index (χ2v) is 3.70. The predicted octanol–water partition coefficient (Wildman–Crippen LogP) is 4.19. The molecule has 12 heavy (non-hydrogen) atoms. The molecule has 0 fully saturated rings. The van der Waals surface area contributed by atoms with E-state index >= 15 is 0 Å². The van der Waals surface area contributed by atoms with Gasteiger partial charge in [0.1, 0.15) is 0 Å². The predicted molar refractivity (Wildman–Crippen MR) is 57.2 cm³/mol. The van der Waals surface area contributed by atoms with Crippen LogP contribution < -0.4 is 0 Å². The van der Waals surface area contributed by atoms with Crippen LogP contribution in [-0.4, -0.2) is 0 Å². The molecule has 1 atom stereocenters. The molecule has 0 heteroatoms. The van der Waals surface area contributed by atoms with Crippen LogP contribution >= 0.6 is 0 Å². The van der Waals surface area contributed by atoms with Crippen molar-refractivity contribution in [1.82, 2.24) is 0 Å².